The Morgan fingerprint density at radius 3 is 2.61 bits per heavy atom. The van der Waals surface area contributed by atoms with Crippen LogP contribution in [0.25, 0.3) is 0 Å². The predicted molar refractivity (Wildman–Crippen MR) is 171 cm³/mol. The van der Waals surface area contributed by atoms with Gasteiger partial charge in [-0.05, 0) is 48.2 Å². The van der Waals surface area contributed by atoms with Crippen LogP contribution in [-0.2, 0) is 29.0 Å². The molecule has 0 bridgehead atoms. The highest BCUT2D eigenvalue weighted by molar-refractivity contribution is 5.95. The Balaban J connectivity index is 1.44. The largest absolute Gasteiger partial charge is 0.493 e. The molecule has 0 saturated carbocycles. The van der Waals surface area contributed by atoms with Gasteiger partial charge in [-0.3, -0.25) is 14.5 Å². The van der Waals surface area contributed by atoms with Crippen molar-refractivity contribution < 1.29 is 23.9 Å². The summed E-state index contributed by atoms with van der Waals surface area (Å²) in [6.07, 6.45) is 7.18. The summed E-state index contributed by atoms with van der Waals surface area (Å²) in [6, 6.07) is 15.8. The lowest BCUT2D eigenvalue weighted by atomic mass is 9.83. The number of unbranched alkanes of at least 4 members (excludes halogenated alkanes) is 1. The summed E-state index contributed by atoms with van der Waals surface area (Å²) >= 11 is 0. The average Bonchev–Trinajstić information content (AvgIpc) is 3.60. The third-order valence-corrected chi connectivity index (χ3v) is 8.71. The lowest BCUT2D eigenvalue weighted by Crippen LogP contribution is -2.44. The van der Waals surface area contributed by atoms with Crippen molar-refractivity contribution in [3.05, 3.63) is 83.4 Å². The Labute approximate surface area is 261 Å². The van der Waals surface area contributed by atoms with Gasteiger partial charge in [0.05, 0.1) is 40.2 Å². The number of nitrogens with zero attached hydrogens (tertiary/aromatic N) is 5. The van der Waals surface area contributed by atoms with Gasteiger partial charge in [0.1, 0.15) is 18.1 Å². The van der Waals surface area contributed by atoms with Crippen LogP contribution >= 0.6 is 0 Å². The first-order valence-corrected chi connectivity index (χ1v) is 15.8. The highest BCUT2D eigenvalue weighted by Crippen LogP contribution is 2.41. The van der Waals surface area contributed by atoms with Gasteiger partial charge >= 0.3 is 5.97 Å². The second kappa shape index (κ2) is 13.9. The van der Waals surface area contributed by atoms with E-state index in [1.807, 2.05) is 29.2 Å². The smallest absolute Gasteiger partial charge is 0.308 e. The van der Waals surface area contributed by atoms with Crippen molar-refractivity contribution in [2.45, 2.75) is 57.5 Å². The summed E-state index contributed by atoms with van der Waals surface area (Å²) in [6.45, 7) is 4.89. The first kappa shape index (κ1) is 31.6. The number of carboxylic acids is 1. The number of rotatable bonds is 13. The molecule has 5 rings (SSSR count). The summed E-state index contributed by atoms with van der Waals surface area (Å²) in [5.74, 6) is -0.193. The van der Waals surface area contributed by atoms with Crippen molar-refractivity contribution in [3.8, 4) is 5.75 Å². The monoisotopic (exact) mass is 600 g/mol. The van der Waals surface area contributed by atoms with Crippen LogP contribution in [0.3, 0.4) is 0 Å². The van der Waals surface area contributed by atoms with E-state index in [-0.39, 0.29) is 24.4 Å². The van der Waals surface area contributed by atoms with Gasteiger partial charge in [-0.1, -0.05) is 37.6 Å². The van der Waals surface area contributed by atoms with Crippen molar-refractivity contribution in [2.75, 3.05) is 52.3 Å². The molecule has 9 heteroatoms. The molecule has 3 atom stereocenters. The van der Waals surface area contributed by atoms with Gasteiger partial charge in [0.15, 0.2) is 0 Å². The summed E-state index contributed by atoms with van der Waals surface area (Å²) in [7, 11) is 6.47. The number of aryl methyl sites for hydroxylation is 1. The van der Waals surface area contributed by atoms with E-state index in [1.165, 1.54) is 5.56 Å². The minimum Gasteiger partial charge on any atom is -0.493 e. The number of hydrogen-bond donors (Lipinski definition) is 1. The first-order chi connectivity index (χ1) is 21.1. The maximum atomic E-state index is 14.2. The highest BCUT2D eigenvalue weighted by Gasteiger charge is 2.47. The minimum atomic E-state index is -0.837. The topological polar surface area (TPSA) is 95.9 Å². The van der Waals surface area contributed by atoms with Crippen LogP contribution in [0.4, 0.5) is 5.69 Å². The normalized spacial score (nSPS) is 19.9. The highest BCUT2D eigenvalue weighted by atomic mass is 16.5. The van der Waals surface area contributed by atoms with Crippen molar-refractivity contribution in [1.82, 2.24) is 14.9 Å². The Morgan fingerprint density at radius 2 is 1.89 bits per heavy atom. The van der Waals surface area contributed by atoms with E-state index in [0.29, 0.717) is 38.4 Å². The number of hydrogen-bond acceptors (Lipinski definition) is 6. The molecule has 0 aliphatic carbocycles. The molecule has 1 N–H and O–H groups in total. The van der Waals surface area contributed by atoms with Gasteiger partial charge in [-0.25, -0.2) is 9.97 Å². The van der Waals surface area contributed by atoms with Crippen LogP contribution in [0.5, 0.6) is 5.75 Å². The molecule has 1 amide bonds. The molecule has 44 heavy (non-hydrogen) atoms. The molecule has 1 unspecified atom stereocenters. The second-order valence-electron chi connectivity index (χ2n) is 13.2. The predicted octanol–water partition coefficient (Wildman–Crippen LogP) is 4.55. The summed E-state index contributed by atoms with van der Waals surface area (Å²) in [5.41, 5.74) is 4.19. The SMILES string of the molecule is CCCCN(C(=O)CN1C[C@H](c2ccc3c(c2)CCO3)C(C(=O)O)[C@@H]1CCc1ncccn1)c1cccc(C[N+](C)(C)C)c1. The zero-order valence-corrected chi connectivity index (χ0v) is 26.5. The quantitative estimate of drug-likeness (QED) is 0.288. The van der Waals surface area contributed by atoms with E-state index in [2.05, 4.69) is 61.1 Å². The summed E-state index contributed by atoms with van der Waals surface area (Å²) < 4.78 is 6.51. The third kappa shape index (κ3) is 7.63. The molecule has 2 aliphatic heterocycles. The number of quaternary nitrogens is 1. The fourth-order valence-electron chi connectivity index (χ4n) is 6.71. The van der Waals surface area contributed by atoms with Crippen molar-refractivity contribution in [2.24, 2.45) is 5.92 Å². The van der Waals surface area contributed by atoms with Crippen LogP contribution < -0.4 is 9.64 Å². The number of carbonyl (C=O) groups excluding carboxylic acids is 1. The molecule has 2 aliphatic rings. The number of carbonyl (C=O) groups is 2. The molecule has 3 heterocycles. The number of amides is 1. The fourth-order valence-corrected chi connectivity index (χ4v) is 6.71. The zero-order valence-electron chi connectivity index (χ0n) is 26.5. The van der Waals surface area contributed by atoms with Crippen LogP contribution in [0.15, 0.2) is 60.9 Å². The number of aliphatic carboxylic acids is 1. The lowest BCUT2D eigenvalue weighted by Gasteiger charge is -2.30. The number of fused-ring (bicyclic) bond motifs is 1. The molecule has 1 aromatic heterocycles. The second-order valence-corrected chi connectivity index (χ2v) is 13.2. The van der Waals surface area contributed by atoms with Gasteiger partial charge in [0.25, 0.3) is 0 Å². The van der Waals surface area contributed by atoms with E-state index in [4.69, 9.17) is 4.74 Å². The summed E-state index contributed by atoms with van der Waals surface area (Å²) in [5, 5.41) is 10.6. The van der Waals surface area contributed by atoms with Gasteiger partial charge in [-0.2, -0.15) is 0 Å². The standard InChI is InChI=1S/C35H45N5O4/c1-5-6-18-39(28-10-7-9-25(20-28)24-40(2,3)4)33(41)23-38-22-29(26-11-13-31-27(21-26)15-19-44-31)34(35(42)43)30(38)12-14-32-36-16-8-17-37-32/h7-11,13,16-17,20-21,29-30,34H,5-6,12,14-15,18-19,22-24H2,1-4H3/p+1/t29-,30+,34?/m1/s1. The molecular weight excluding hydrogens is 554 g/mol. The molecule has 0 radical (unpaired) electrons. The molecule has 0 spiro atoms. The molecule has 1 fully saturated rings. The first-order valence-electron chi connectivity index (χ1n) is 15.8. The Kier molecular flexibility index (Phi) is 9.96. The Bertz CT molecular complexity index is 1440. The van der Waals surface area contributed by atoms with Gasteiger partial charge in [-0.15, -0.1) is 0 Å². The molecule has 2 aromatic carbocycles. The molecule has 234 valence electrons. The summed E-state index contributed by atoms with van der Waals surface area (Å²) in [4.78, 5) is 39.9. The van der Waals surface area contributed by atoms with Crippen molar-refractivity contribution in [1.29, 1.82) is 0 Å². The number of benzene rings is 2. The van der Waals surface area contributed by atoms with Crippen LogP contribution in [-0.4, -0.2) is 89.8 Å². The number of ether oxygens (including phenoxy) is 1. The van der Waals surface area contributed by atoms with Crippen LogP contribution in [0.1, 0.15) is 54.6 Å². The maximum Gasteiger partial charge on any atom is 0.308 e. The van der Waals surface area contributed by atoms with Crippen LogP contribution in [0, 0.1) is 5.92 Å². The minimum absolute atomic E-state index is 0.00560. The van der Waals surface area contributed by atoms with E-state index >= 15 is 0 Å². The molecular formula is C35H46N5O4+. The zero-order chi connectivity index (χ0) is 31.3. The fraction of sp³-hybridized carbons (Fsp3) is 0.486. The van der Waals surface area contributed by atoms with E-state index in [1.54, 1.807) is 18.5 Å². The van der Waals surface area contributed by atoms with E-state index in [0.717, 1.165) is 52.9 Å². The lowest BCUT2D eigenvalue weighted by molar-refractivity contribution is -0.884. The Morgan fingerprint density at radius 1 is 1.09 bits per heavy atom. The van der Waals surface area contributed by atoms with Crippen molar-refractivity contribution >= 4 is 17.6 Å². The number of carboxylic acid groups (broad SMARTS) is 1. The van der Waals surface area contributed by atoms with Gasteiger partial charge in [0, 0.05) is 61.5 Å². The number of likely N-dealkylation sites (tertiary alicyclic amines) is 1. The maximum absolute atomic E-state index is 14.2. The van der Waals surface area contributed by atoms with Crippen LogP contribution in [0.2, 0.25) is 0 Å². The molecule has 9 nitrogen and oxygen atoms in total. The van der Waals surface area contributed by atoms with E-state index < -0.39 is 11.9 Å². The number of anilines is 1. The van der Waals surface area contributed by atoms with Gasteiger partial charge in [0.2, 0.25) is 5.91 Å². The van der Waals surface area contributed by atoms with Crippen molar-refractivity contribution in [3.63, 3.8) is 0 Å². The average molecular weight is 601 g/mol. The molecule has 3 aromatic rings. The molecule has 1 saturated heterocycles. The third-order valence-electron chi connectivity index (χ3n) is 8.71. The van der Waals surface area contributed by atoms with Gasteiger partial charge < -0.3 is 19.2 Å². The van der Waals surface area contributed by atoms with E-state index in [9.17, 15) is 14.7 Å². The Hall–Kier alpha value is -3.82. The number of aromatic nitrogens is 2.